The lowest BCUT2D eigenvalue weighted by atomic mass is 10.1. The van der Waals surface area contributed by atoms with E-state index in [0.29, 0.717) is 17.9 Å². The number of hydrogen-bond donors (Lipinski definition) is 1. The Morgan fingerprint density at radius 2 is 1.96 bits per heavy atom. The van der Waals surface area contributed by atoms with E-state index in [1.54, 1.807) is 12.4 Å². The average molecular weight is 348 g/mol. The Balaban J connectivity index is 1.44. The molecule has 1 atom stereocenters. The number of amides is 1. The second kappa shape index (κ2) is 7.03. The molecule has 0 spiro atoms. The Morgan fingerprint density at radius 3 is 2.69 bits per heavy atom. The van der Waals surface area contributed by atoms with Gasteiger partial charge in [0.1, 0.15) is 11.6 Å². The number of carbonyl (C=O) groups excluding carboxylic acids is 1. The lowest BCUT2D eigenvalue weighted by molar-refractivity contribution is 0.0926. The van der Waals surface area contributed by atoms with E-state index in [-0.39, 0.29) is 11.9 Å². The van der Waals surface area contributed by atoms with E-state index in [9.17, 15) is 4.79 Å². The number of aromatic nitrogens is 5. The summed E-state index contributed by atoms with van der Waals surface area (Å²) in [4.78, 5) is 21.2. The number of aryl methyl sites for hydroxylation is 2. The average Bonchev–Trinajstić information content (AvgIpc) is 3.11. The van der Waals surface area contributed by atoms with Crippen molar-refractivity contribution < 1.29 is 4.79 Å². The Hall–Kier alpha value is -3.09. The maximum Gasteiger partial charge on any atom is 0.254 e. The van der Waals surface area contributed by atoms with E-state index in [2.05, 4.69) is 37.0 Å². The van der Waals surface area contributed by atoms with E-state index in [0.717, 1.165) is 36.5 Å². The summed E-state index contributed by atoms with van der Waals surface area (Å²) in [7, 11) is 0. The molecule has 1 aliphatic rings. The third kappa shape index (κ3) is 3.20. The standard InChI is InChI=1S/C19H20N6O/c1-2-16-23-24-17-9-8-15(12-25(16)17)22-19(26)14-10-20-18(21-11-14)13-6-4-3-5-7-13/h3-7,10-11,15H,2,8-9,12H2,1H3,(H,22,26)/t15-/m1/s1. The van der Waals surface area contributed by atoms with Gasteiger partial charge in [0, 0.05) is 43.4 Å². The van der Waals surface area contributed by atoms with Crippen LogP contribution < -0.4 is 5.32 Å². The highest BCUT2D eigenvalue weighted by atomic mass is 16.1. The molecule has 0 saturated heterocycles. The minimum Gasteiger partial charge on any atom is -0.347 e. The second-order valence-electron chi connectivity index (χ2n) is 6.37. The summed E-state index contributed by atoms with van der Waals surface area (Å²) >= 11 is 0. The maximum absolute atomic E-state index is 12.5. The molecule has 0 unspecified atom stereocenters. The lowest BCUT2D eigenvalue weighted by Crippen LogP contribution is -2.41. The minimum absolute atomic E-state index is 0.0603. The third-order valence-electron chi connectivity index (χ3n) is 4.62. The van der Waals surface area contributed by atoms with E-state index < -0.39 is 0 Å². The van der Waals surface area contributed by atoms with Gasteiger partial charge in [0.25, 0.3) is 5.91 Å². The molecule has 0 radical (unpaired) electrons. The van der Waals surface area contributed by atoms with Crippen LogP contribution in [0.2, 0.25) is 0 Å². The van der Waals surface area contributed by atoms with Gasteiger partial charge in [-0.2, -0.15) is 0 Å². The van der Waals surface area contributed by atoms with Gasteiger partial charge in [-0.1, -0.05) is 37.3 Å². The fourth-order valence-electron chi connectivity index (χ4n) is 3.21. The molecule has 0 bridgehead atoms. The van der Waals surface area contributed by atoms with Crippen molar-refractivity contribution in [3.05, 3.63) is 59.9 Å². The number of hydrogen-bond acceptors (Lipinski definition) is 5. The van der Waals surface area contributed by atoms with Gasteiger partial charge in [0.2, 0.25) is 0 Å². The number of fused-ring (bicyclic) bond motifs is 1. The van der Waals surface area contributed by atoms with Crippen molar-refractivity contribution in [1.82, 2.24) is 30.0 Å². The summed E-state index contributed by atoms with van der Waals surface area (Å²) in [5.41, 5.74) is 1.40. The van der Waals surface area contributed by atoms with E-state index in [1.807, 2.05) is 30.3 Å². The van der Waals surface area contributed by atoms with Gasteiger partial charge < -0.3 is 9.88 Å². The molecule has 4 rings (SSSR count). The van der Waals surface area contributed by atoms with Gasteiger partial charge in [-0.15, -0.1) is 10.2 Å². The SMILES string of the molecule is CCc1nnc2n1C[C@H](NC(=O)c1cnc(-c3ccccc3)nc1)CC2. The van der Waals surface area contributed by atoms with Crippen molar-refractivity contribution in [1.29, 1.82) is 0 Å². The highest BCUT2D eigenvalue weighted by Crippen LogP contribution is 2.17. The van der Waals surface area contributed by atoms with Crippen molar-refractivity contribution in [3.63, 3.8) is 0 Å². The summed E-state index contributed by atoms with van der Waals surface area (Å²) in [6.07, 6.45) is 5.67. The Bertz CT molecular complexity index is 890. The number of carbonyl (C=O) groups is 1. The summed E-state index contributed by atoms with van der Waals surface area (Å²) in [6, 6.07) is 9.77. The van der Waals surface area contributed by atoms with Crippen molar-refractivity contribution >= 4 is 5.91 Å². The third-order valence-corrected chi connectivity index (χ3v) is 4.62. The summed E-state index contributed by atoms with van der Waals surface area (Å²) in [5.74, 6) is 2.43. The van der Waals surface area contributed by atoms with Gasteiger partial charge in [-0.3, -0.25) is 4.79 Å². The smallest absolute Gasteiger partial charge is 0.254 e. The minimum atomic E-state index is -0.149. The van der Waals surface area contributed by atoms with Crippen LogP contribution >= 0.6 is 0 Å². The van der Waals surface area contributed by atoms with E-state index >= 15 is 0 Å². The Morgan fingerprint density at radius 1 is 1.19 bits per heavy atom. The van der Waals surface area contributed by atoms with Crippen molar-refractivity contribution in [2.45, 2.75) is 38.8 Å². The zero-order chi connectivity index (χ0) is 17.9. The number of benzene rings is 1. The number of rotatable bonds is 4. The second-order valence-corrected chi connectivity index (χ2v) is 6.37. The zero-order valence-corrected chi connectivity index (χ0v) is 14.6. The fraction of sp³-hybridized carbons (Fsp3) is 0.316. The van der Waals surface area contributed by atoms with Crippen LogP contribution in [-0.2, 0) is 19.4 Å². The molecule has 7 nitrogen and oxygen atoms in total. The molecule has 1 aliphatic heterocycles. The molecule has 3 heterocycles. The molecule has 1 aromatic carbocycles. The van der Waals surface area contributed by atoms with Gasteiger partial charge in [-0.05, 0) is 6.42 Å². The van der Waals surface area contributed by atoms with Crippen LogP contribution in [0.5, 0.6) is 0 Å². The van der Waals surface area contributed by atoms with Crippen LogP contribution in [0.25, 0.3) is 11.4 Å². The van der Waals surface area contributed by atoms with Crippen LogP contribution in [0.4, 0.5) is 0 Å². The van der Waals surface area contributed by atoms with Crippen LogP contribution in [-0.4, -0.2) is 36.7 Å². The molecule has 132 valence electrons. The first-order chi connectivity index (χ1) is 12.7. The first-order valence-corrected chi connectivity index (χ1v) is 8.84. The highest BCUT2D eigenvalue weighted by Gasteiger charge is 2.24. The van der Waals surface area contributed by atoms with E-state index in [4.69, 9.17) is 0 Å². The van der Waals surface area contributed by atoms with Gasteiger partial charge in [0.05, 0.1) is 5.56 Å². The van der Waals surface area contributed by atoms with Crippen molar-refractivity contribution in [2.75, 3.05) is 0 Å². The Kier molecular flexibility index (Phi) is 4.43. The molecule has 1 amide bonds. The summed E-state index contributed by atoms with van der Waals surface area (Å²) < 4.78 is 2.11. The maximum atomic E-state index is 12.5. The lowest BCUT2D eigenvalue weighted by Gasteiger charge is -2.25. The monoisotopic (exact) mass is 348 g/mol. The molecule has 7 heteroatoms. The van der Waals surface area contributed by atoms with Gasteiger partial charge in [0.15, 0.2) is 5.82 Å². The van der Waals surface area contributed by atoms with Gasteiger partial charge in [-0.25, -0.2) is 9.97 Å². The molecule has 3 aromatic rings. The van der Waals surface area contributed by atoms with E-state index in [1.165, 1.54) is 0 Å². The molecular formula is C19H20N6O. The van der Waals surface area contributed by atoms with Gasteiger partial charge >= 0.3 is 0 Å². The summed E-state index contributed by atoms with van der Waals surface area (Å²) in [5, 5.41) is 11.5. The quantitative estimate of drug-likeness (QED) is 0.780. The molecule has 0 aliphatic carbocycles. The number of nitrogens with one attached hydrogen (secondary N) is 1. The molecule has 0 fully saturated rings. The molecule has 26 heavy (non-hydrogen) atoms. The first kappa shape index (κ1) is 16.4. The molecule has 0 saturated carbocycles. The first-order valence-electron chi connectivity index (χ1n) is 8.84. The van der Waals surface area contributed by atoms with Crippen LogP contribution in [0.15, 0.2) is 42.7 Å². The predicted molar refractivity (Wildman–Crippen MR) is 96.4 cm³/mol. The molecule has 2 aromatic heterocycles. The Labute approximate surface area is 151 Å². The van der Waals surface area contributed by atoms with Crippen molar-refractivity contribution in [3.8, 4) is 11.4 Å². The van der Waals surface area contributed by atoms with Crippen LogP contribution in [0.1, 0.15) is 35.4 Å². The normalized spacial score (nSPS) is 16.1. The zero-order valence-electron chi connectivity index (χ0n) is 14.6. The van der Waals surface area contributed by atoms with Crippen LogP contribution in [0.3, 0.4) is 0 Å². The van der Waals surface area contributed by atoms with Crippen molar-refractivity contribution in [2.24, 2.45) is 0 Å². The number of nitrogens with zero attached hydrogens (tertiary/aromatic N) is 5. The fourth-order valence-corrected chi connectivity index (χ4v) is 3.21. The van der Waals surface area contributed by atoms with Crippen LogP contribution in [0, 0.1) is 0 Å². The topological polar surface area (TPSA) is 85.6 Å². The molecule has 1 N–H and O–H groups in total. The molecular weight excluding hydrogens is 328 g/mol. The predicted octanol–water partition coefficient (Wildman–Crippen LogP) is 2.04. The largest absolute Gasteiger partial charge is 0.347 e. The summed E-state index contributed by atoms with van der Waals surface area (Å²) in [6.45, 7) is 2.77. The highest BCUT2D eigenvalue weighted by molar-refractivity contribution is 5.93.